The smallest absolute Gasteiger partial charge is 0.220 e. The van der Waals surface area contributed by atoms with E-state index in [9.17, 15) is 4.79 Å². The van der Waals surface area contributed by atoms with E-state index in [-0.39, 0.29) is 11.3 Å². The van der Waals surface area contributed by atoms with E-state index < -0.39 is 0 Å². The molecule has 1 unspecified atom stereocenters. The van der Waals surface area contributed by atoms with Gasteiger partial charge in [-0.3, -0.25) is 4.79 Å². The summed E-state index contributed by atoms with van der Waals surface area (Å²) in [5.74, 6) is 1.33. The van der Waals surface area contributed by atoms with Crippen LogP contribution in [0, 0.1) is 17.3 Å². The maximum absolute atomic E-state index is 11.9. The van der Waals surface area contributed by atoms with Crippen LogP contribution in [0.4, 0.5) is 0 Å². The number of hydrogen-bond acceptors (Lipinski definition) is 2. The molecule has 1 atom stereocenters. The van der Waals surface area contributed by atoms with Crippen LogP contribution in [-0.2, 0) is 4.79 Å². The molecule has 3 N–H and O–H groups in total. The summed E-state index contributed by atoms with van der Waals surface area (Å²) in [5.41, 5.74) is 5.90. The van der Waals surface area contributed by atoms with E-state index in [4.69, 9.17) is 5.73 Å². The summed E-state index contributed by atoms with van der Waals surface area (Å²) in [4.78, 5) is 11.9. The number of carbonyl (C=O) groups excluding carboxylic acids is 1. The van der Waals surface area contributed by atoms with Crippen molar-refractivity contribution >= 4 is 5.91 Å². The van der Waals surface area contributed by atoms with Crippen LogP contribution in [0.2, 0.25) is 0 Å². The Morgan fingerprint density at radius 3 is 2.16 bits per heavy atom. The van der Waals surface area contributed by atoms with E-state index in [0.29, 0.717) is 24.8 Å². The molecule has 3 nitrogen and oxygen atoms in total. The molecule has 0 saturated heterocycles. The minimum atomic E-state index is 0.193. The molecule has 0 heterocycles. The van der Waals surface area contributed by atoms with E-state index in [0.717, 1.165) is 32.2 Å². The van der Waals surface area contributed by atoms with Gasteiger partial charge >= 0.3 is 0 Å². The van der Waals surface area contributed by atoms with Crippen molar-refractivity contribution in [3.63, 3.8) is 0 Å². The lowest BCUT2D eigenvalue weighted by Gasteiger charge is -2.30. The molecule has 0 aromatic carbocycles. The molecule has 3 heteroatoms. The molecular weight excluding hydrogens is 236 g/mol. The zero-order chi connectivity index (χ0) is 14.9. The second-order valence-electron chi connectivity index (χ2n) is 6.67. The zero-order valence-electron chi connectivity index (χ0n) is 13.6. The van der Waals surface area contributed by atoms with E-state index in [1.54, 1.807) is 0 Å². The van der Waals surface area contributed by atoms with Crippen LogP contribution >= 0.6 is 0 Å². The van der Waals surface area contributed by atoms with Gasteiger partial charge < -0.3 is 11.1 Å². The number of nitrogens with two attached hydrogens (primary N) is 1. The predicted octanol–water partition coefficient (Wildman–Crippen LogP) is 3.33. The molecule has 0 radical (unpaired) electrons. The second kappa shape index (κ2) is 9.35. The van der Waals surface area contributed by atoms with Crippen LogP contribution in [-0.4, -0.2) is 19.0 Å². The third kappa shape index (κ3) is 8.25. The minimum Gasteiger partial charge on any atom is -0.356 e. The van der Waals surface area contributed by atoms with Crippen molar-refractivity contribution in [2.75, 3.05) is 13.1 Å². The van der Waals surface area contributed by atoms with Gasteiger partial charge in [-0.25, -0.2) is 0 Å². The van der Waals surface area contributed by atoms with Gasteiger partial charge in [0.15, 0.2) is 0 Å². The fourth-order valence-corrected chi connectivity index (χ4v) is 2.44. The van der Waals surface area contributed by atoms with Crippen molar-refractivity contribution in [2.45, 2.75) is 66.7 Å². The Balaban J connectivity index is 4.05. The summed E-state index contributed by atoms with van der Waals surface area (Å²) >= 11 is 0. The lowest BCUT2D eigenvalue weighted by Crippen LogP contribution is -2.30. The molecule has 0 saturated carbocycles. The van der Waals surface area contributed by atoms with Crippen molar-refractivity contribution in [3.05, 3.63) is 0 Å². The average Bonchev–Trinajstić information content (AvgIpc) is 2.34. The second-order valence-corrected chi connectivity index (χ2v) is 6.67. The molecule has 0 aliphatic heterocycles. The average molecular weight is 270 g/mol. The predicted molar refractivity (Wildman–Crippen MR) is 82.9 cm³/mol. The molecule has 0 aliphatic rings. The van der Waals surface area contributed by atoms with Gasteiger partial charge in [-0.15, -0.1) is 0 Å². The summed E-state index contributed by atoms with van der Waals surface area (Å²) < 4.78 is 0. The van der Waals surface area contributed by atoms with Gasteiger partial charge in [-0.1, -0.05) is 47.5 Å². The first-order valence-electron chi connectivity index (χ1n) is 7.81. The maximum atomic E-state index is 11.9. The first kappa shape index (κ1) is 18.4. The van der Waals surface area contributed by atoms with E-state index in [2.05, 4.69) is 39.9 Å². The van der Waals surface area contributed by atoms with Gasteiger partial charge in [0.2, 0.25) is 5.91 Å². The lowest BCUT2D eigenvalue weighted by molar-refractivity contribution is -0.121. The minimum absolute atomic E-state index is 0.193. The standard InChI is InChI=1S/C16H34N2O/c1-6-13(7-2)12-18-15(19)9-8-14(10-11-17)16(3,4)5/h13-14H,6-12,17H2,1-5H3,(H,18,19). The van der Waals surface area contributed by atoms with Crippen LogP contribution in [0.3, 0.4) is 0 Å². The summed E-state index contributed by atoms with van der Waals surface area (Å²) in [6.07, 6.45) is 4.84. The van der Waals surface area contributed by atoms with Gasteiger partial charge in [-0.05, 0) is 36.6 Å². The van der Waals surface area contributed by atoms with Gasteiger partial charge in [0.25, 0.3) is 0 Å². The quantitative estimate of drug-likeness (QED) is 0.675. The third-order valence-corrected chi connectivity index (χ3v) is 4.20. The van der Waals surface area contributed by atoms with Crippen LogP contribution < -0.4 is 11.1 Å². The largest absolute Gasteiger partial charge is 0.356 e. The highest BCUT2D eigenvalue weighted by atomic mass is 16.1. The Morgan fingerprint density at radius 1 is 1.16 bits per heavy atom. The summed E-state index contributed by atoms with van der Waals surface area (Å²) in [6, 6.07) is 0. The van der Waals surface area contributed by atoms with Gasteiger partial charge in [0, 0.05) is 13.0 Å². The first-order valence-corrected chi connectivity index (χ1v) is 7.81. The van der Waals surface area contributed by atoms with Crippen LogP contribution in [0.5, 0.6) is 0 Å². The molecule has 19 heavy (non-hydrogen) atoms. The van der Waals surface area contributed by atoms with E-state index >= 15 is 0 Å². The van der Waals surface area contributed by atoms with Crippen molar-refractivity contribution in [1.82, 2.24) is 5.32 Å². The molecule has 0 rings (SSSR count). The Labute approximate surface area is 119 Å². The molecule has 0 fully saturated rings. The molecule has 114 valence electrons. The summed E-state index contributed by atoms with van der Waals surface area (Å²) in [7, 11) is 0. The van der Waals surface area contributed by atoms with Crippen LogP contribution in [0.1, 0.15) is 66.7 Å². The molecule has 0 spiro atoms. The molecule has 0 aromatic rings. The number of hydrogen-bond donors (Lipinski definition) is 2. The zero-order valence-corrected chi connectivity index (χ0v) is 13.6. The van der Waals surface area contributed by atoms with E-state index in [1.807, 2.05) is 0 Å². The van der Waals surface area contributed by atoms with E-state index in [1.165, 1.54) is 0 Å². The molecule has 0 bridgehead atoms. The van der Waals surface area contributed by atoms with Crippen LogP contribution in [0.25, 0.3) is 0 Å². The van der Waals surface area contributed by atoms with Gasteiger partial charge in [0.1, 0.15) is 0 Å². The van der Waals surface area contributed by atoms with Gasteiger partial charge in [0.05, 0.1) is 0 Å². The highest BCUT2D eigenvalue weighted by Gasteiger charge is 2.24. The number of nitrogens with one attached hydrogen (secondary N) is 1. The van der Waals surface area contributed by atoms with Crippen molar-refractivity contribution in [1.29, 1.82) is 0 Å². The Kier molecular flexibility index (Phi) is 9.07. The van der Waals surface area contributed by atoms with Crippen LogP contribution in [0.15, 0.2) is 0 Å². The number of carbonyl (C=O) groups is 1. The van der Waals surface area contributed by atoms with Crippen molar-refractivity contribution in [2.24, 2.45) is 23.0 Å². The highest BCUT2D eigenvalue weighted by Crippen LogP contribution is 2.31. The fourth-order valence-electron chi connectivity index (χ4n) is 2.44. The third-order valence-electron chi connectivity index (χ3n) is 4.20. The lowest BCUT2D eigenvalue weighted by atomic mass is 9.76. The monoisotopic (exact) mass is 270 g/mol. The summed E-state index contributed by atoms with van der Waals surface area (Å²) in [6.45, 7) is 12.6. The topological polar surface area (TPSA) is 55.1 Å². The van der Waals surface area contributed by atoms with Gasteiger partial charge in [-0.2, -0.15) is 0 Å². The Morgan fingerprint density at radius 2 is 1.74 bits per heavy atom. The number of amides is 1. The Hall–Kier alpha value is -0.570. The molecule has 1 amide bonds. The molecule has 0 aliphatic carbocycles. The van der Waals surface area contributed by atoms with Crippen molar-refractivity contribution < 1.29 is 4.79 Å². The SMILES string of the molecule is CCC(CC)CNC(=O)CCC(CCN)C(C)(C)C. The first-order chi connectivity index (χ1) is 8.85. The Bertz CT molecular complexity index is 242. The fraction of sp³-hybridized carbons (Fsp3) is 0.938. The molecular formula is C16H34N2O. The maximum Gasteiger partial charge on any atom is 0.220 e. The molecule has 0 aromatic heterocycles. The number of rotatable bonds is 9. The normalized spacial score (nSPS) is 13.6. The van der Waals surface area contributed by atoms with Crippen molar-refractivity contribution in [3.8, 4) is 0 Å². The summed E-state index contributed by atoms with van der Waals surface area (Å²) in [5, 5.41) is 3.06. The highest BCUT2D eigenvalue weighted by molar-refractivity contribution is 5.75.